The maximum absolute atomic E-state index is 5.99. The molecule has 0 saturated carbocycles. The Hall–Kier alpha value is -2.47. The number of hydrogen-bond acceptors (Lipinski definition) is 6. The molecule has 3 rings (SSSR count). The summed E-state index contributed by atoms with van der Waals surface area (Å²) >= 11 is 1.51. The van der Waals surface area contributed by atoms with E-state index in [1.807, 2.05) is 35.7 Å². The summed E-state index contributed by atoms with van der Waals surface area (Å²) in [5.41, 5.74) is 7.57. The lowest BCUT2D eigenvalue weighted by molar-refractivity contribution is 0.415. The lowest BCUT2D eigenvalue weighted by Crippen LogP contribution is -1.92. The zero-order valence-electron chi connectivity index (χ0n) is 11.6. The summed E-state index contributed by atoms with van der Waals surface area (Å²) < 4.78 is 16.0. The number of rotatable bonds is 4. The van der Waals surface area contributed by atoms with E-state index in [2.05, 4.69) is 5.16 Å². The highest BCUT2D eigenvalue weighted by molar-refractivity contribution is 7.13. The van der Waals surface area contributed by atoms with Crippen molar-refractivity contribution in [1.82, 2.24) is 5.16 Å². The molecule has 6 heteroatoms. The van der Waals surface area contributed by atoms with Gasteiger partial charge in [-0.15, -0.1) is 11.3 Å². The Morgan fingerprint density at radius 1 is 1.19 bits per heavy atom. The molecule has 3 aromatic rings. The smallest absolute Gasteiger partial charge is 0.187 e. The highest BCUT2D eigenvalue weighted by atomic mass is 32.1. The van der Waals surface area contributed by atoms with Gasteiger partial charge in [-0.25, -0.2) is 0 Å². The lowest BCUT2D eigenvalue weighted by atomic mass is 10.0. The zero-order valence-corrected chi connectivity index (χ0v) is 12.4. The monoisotopic (exact) mass is 302 g/mol. The van der Waals surface area contributed by atoms with Crippen LogP contribution >= 0.6 is 11.3 Å². The van der Waals surface area contributed by atoms with Gasteiger partial charge in [0.2, 0.25) is 0 Å². The third-order valence-corrected chi connectivity index (χ3v) is 4.04. The minimum absolute atomic E-state index is 0.335. The van der Waals surface area contributed by atoms with Gasteiger partial charge in [-0.05, 0) is 6.07 Å². The van der Waals surface area contributed by atoms with E-state index in [0.717, 1.165) is 27.5 Å². The summed E-state index contributed by atoms with van der Waals surface area (Å²) in [5, 5.41) is 5.80. The number of ether oxygens (including phenoxy) is 2. The van der Waals surface area contributed by atoms with E-state index in [0.29, 0.717) is 11.6 Å². The van der Waals surface area contributed by atoms with Crippen molar-refractivity contribution < 1.29 is 14.0 Å². The number of thiophene rings is 1. The molecule has 0 saturated heterocycles. The van der Waals surface area contributed by atoms with Crippen molar-refractivity contribution in [2.24, 2.45) is 0 Å². The van der Waals surface area contributed by atoms with Crippen LogP contribution in [0, 0.1) is 0 Å². The van der Waals surface area contributed by atoms with E-state index < -0.39 is 0 Å². The van der Waals surface area contributed by atoms with Crippen LogP contribution in [0.1, 0.15) is 0 Å². The molecule has 0 aliphatic rings. The Labute approximate surface area is 125 Å². The SMILES string of the molecule is COc1csc(-c2onc(N)c2-c2ccccc2OC)c1. The van der Waals surface area contributed by atoms with Gasteiger partial charge in [-0.1, -0.05) is 23.4 Å². The number of hydrogen-bond donors (Lipinski definition) is 1. The van der Waals surface area contributed by atoms with Gasteiger partial charge in [0.15, 0.2) is 11.6 Å². The fraction of sp³-hybridized carbons (Fsp3) is 0.133. The molecule has 21 heavy (non-hydrogen) atoms. The summed E-state index contributed by atoms with van der Waals surface area (Å²) in [6.45, 7) is 0. The molecule has 0 aliphatic carbocycles. The average Bonchev–Trinajstić information content (AvgIpc) is 3.13. The highest BCUT2D eigenvalue weighted by Crippen LogP contribution is 2.43. The molecule has 1 aromatic carbocycles. The Balaban J connectivity index is 2.17. The first-order valence-corrected chi connectivity index (χ1v) is 7.14. The molecule has 0 unspecified atom stereocenters. The van der Waals surface area contributed by atoms with Crippen LogP contribution in [0.3, 0.4) is 0 Å². The normalized spacial score (nSPS) is 10.6. The molecule has 0 atom stereocenters. The molecule has 0 radical (unpaired) electrons. The number of nitrogens with two attached hydrogens (primary N) is 1. The molecular weight excluding hydrogens is 288 g/mol. The van der Waals surface area contributed by atoms with Gasteiger partial charge in [0.05, 0.1) is 24.7 Å². The van der Waals surface area contributed by atoms with Crippen molar-refractivity contribution in [3.63, 3.8) is 0 Å². The van der Waals surface area contributed by atoms with Crippen molar-refractivity contribution in [3.05, 3.63) is 35.7 Å². The van der Waals surface area contributed by atoms with Gasteiger partial charge in [0, 0.05) is 17.0 Å². The Kier molecular flexibility index (Phi) is 3.53. The molecule has 0 fully saturated rings. The molecule has 2 N–H and O–H groups in total. The van der Waals surface area contributed by atoms with Crippen LogP contribution in [-0.4, -0.2) is 19.4 Å². The maximum Gasteiger partial charge on any atom is 0.187 e. The molecule has 0 amide bonds. The molecular formula is C15H14N2O3S. The van der Waals surface area contributed by atoms with Crippen molar-refractivity contribution in [1.29, 1.82) is 0 Å². The van der Waals surface area contributed by atoms with Crippen LogP contribution in [-0.2, 0) is 0 Å². The first-order chi connectivity index (χ1) is 10.2. The van der Waals surface area contributed by atoms with Gasteiger partial charge >= 0.3 is 0 Å². The molecule has 5 nitrogen and oxygen atoms in total. The topological polar surface area (TPSA) is 70.5 Å². The van der Waals surface area contributed by atoms with Crippen LogP contribution in [0.5, 0.6) is 11.5 Å². The third kappa shape index (κ3) is 2.34. The van der Waals surface area contributed by atoms with Crippen molar-refractivity contribution >= 4 is 17.2 Å². The van der Waals surface area contributed by atoms with Gasteiger partial charge in [-0.3, -0.25) is 0 Å². The Morgan fingerprint density at radius 2 is 2.00 bits per heavy atom. The Morgan fingerprint density at radius 3 is 2.71 bits per heavy atom. The zero-order chi connectivity index (χ0) is 14.8. The largest absolute Gasteiger partial charge is 0.496 e. The Bertz CT molecular complexity index is 764. The van der Waals surface area contributed by atoms with Crippen LogP contribution in [0.25, 0.3) is 21.8 Å². The second-order valence-electron chi connectivity index (χ2n) is 4.32. The number of nitrogen functional groups attached to an aromatic ring is 1. The maximum atomic E-state index is 5.99. The van der Waals surface area contributed by atoms with E-state index in [4.69, 9.17) is 19.7 Å². The number of benzene rings is 1. The second kappa shape index (κ2) is 5.49. The van der Waals surface area contributed by atoms with Crippen LogP contribution in [0.15, 0.2) is 40.2 Å². The molecule has 2 heterocycles. The first-order valence-electron chi connectivity index (χ1n) is 6.26. The number of anilines is 1. The molecule has 108 valence electrons. The quantitative estimate of drug-likeness (QED) is 0.796. The summed E-state index contributed by atoms with van der Waals surface area (Å²) in [6.07, 6.45) is 0. The predicted octanol–water partition coefficient (Wildman–Crippen LogP) is 3.67. The van der Waals surface area contributed by atoms with Gasteiger partial charge in [0.1, 0.15) is 11.5 Å². The summed E-state index contributed by atoms with van der Waals surface area (Å²) in [6, 6.07) is 9.52. The molecule has 2 aromatic heterocycles. The van der Waals surface area contributed by atoms with E-state index >= 15 is 0 Å². The third-order valence-electron chi connectivity index (χ3n) is 3.13. The molecule has 0 bridgehead atoms. The van der Waals surface area contributed by atoms with Gasteiger partial charge in [0.25, 0.3) is 0 Å². The van der Waals surface area contributed by atoms with Gasteiger partial charge < -0.3 is 19.7 Å². The number of para-hydroxylation sites is 1. The van der Waals surface area contributed by atoms with E-state index in [9.17, 15) is 0 Å². The van der Waals surface area contributed by atoms with Crippen molar-refractivity contribution in [2.75, 3.05) is 20.0 Å². The van der Waals surface area contributed by atoms with E-state index in [1.54, 1.807) is 14.2 Å². The minimum Gasteiger partial charge on any atom is -0.496 e. The predicted molar refractivity (Wildman–Crippen MR) is 82.8 cm³/mol. The standard InChI is InChI=1S/C15H14N2O3S/c1-18-9-7-12(21-8-9)14-13(15(16)17-20-14)10-5-3-4-6-11(10)19-2/h3-8H,1-2H3,(H2,16,17). The van der Waals surface area contributed by atoms with Crippen molar-refractivity contribution in [3.8, 4) is 33.3 Å². The lowest BCUT2D eigenvalue weighted by Gasteiger charge is -2.07. The summed E-state index contributed by atoms with van der Waals surface area (Å²) in [5.74, 6) is 2.44. The first kappa shape index (κ1) is 13.5. The number of nitrogens with zero attached hydrogens (tertiary/aromatic N) is 1. The van der Waals surface area contributed by atoms with Crippen LogP contribution in [0.4, 0.5) is 5.82 Å². The molecule has 0 spiro atoms. The fourth-order valence-electron chi connectivity index (χ4n) is 2.13. The molecule has 0 aliphatic heterocycles. The van der Waals surface area contributed by atoms with Gasteiger partial charge in [-0.2, -0.15) is 0 Å². The minimum atomic E-state index is 0.335. The van der Waals surface area contributed by atoms with E-state index in [-0.39, 0.29) is 0 Å². The summed E-state index contributed by atoms with van der Waals surface area (Å²) in [7, 11) is 3.25. The number of methoxy groups -OCH3 is 2. The average molecular weight is 302 g/mol. The van der Waals surface area contributed by atoms with Crippen LogP contribution in [0.2, 0.25) is 0 Å². The van der Waals surface area contributed by atoms with Crippen molar-refractivity contribution in [2.45, 2.75) is 0 Å². The summed E-state index contributed by atoms with van der Waals surface area (Å²) in [4.78, 5) is 0.900. The number of aromatic nitrogens is 1. The second-order valence-corrected chi connectivity index (χ2v) is 5.23. The fourth-order valence-corrected chi connectivity index (χ4v) is 2.96. The van der Waals surface area contributed by atoms with E-state index in [1.165, 1.54) is 11.3 Å². The highest BCUT2D eigenvalue weighted by Gasteiger charge is 2.21. The van der Waals surface area contributed by atoms with Crippen LogP contribution < -0.4 is 15.2 Å².